The Morgan fingerprint density at radius 1 is 1.05 bits per heavy atom. The van der Waals surface area contributed by atoms with Crippen LogP contribution in [0.15, 0.2) is 35.4 Å². The first-order valence-electron chi connectivity index (χ1n) is 6.96. The lowest BCUT2D eigenvalue weighted by Crippen LogP contribution is -2.22. The van der Waals surface area contributed by atoms with Crippen molar-refractivity contribution >= 4 is 17.3 Å². The molecule has 1 aliphatic rings. The average Bonchev–Trinajstić information content (AvgIpc) is 2.47. The summed E-state index contributed by atoms with van der Waals surface area (Å²) in [4.78, 5) is 36.5. The lowest BCUT2D eigenvalue weighted by atomic mass is 9.82. The van der Waals surface area contributed by atoms with Crippen molar-refractivity contribution in [3.05, 3.63) is 46.5 Å². The van der Waals surface area contributed by atoms with Gasteiger partial charge in [0.25, 0.3) is 0 Å². The lowest BCUT2D eigenvalue weighted by Gasteiger charge is -2.18. The Bertz CT molecular complexity index is 608. The molecule has 0 fully saturated rings. The van der Waals surface area contributed by atoms with Crippen LogP contribution in [0.4, 0.5) is 0 Å². The number of ketones is 3. The maximum absolute atomic E-state index is 12.4. The molecular formula is C17H18O3. The molecule has 2 rings (SSSR count). The molecule has 1 aliphatic carbocycles. The summed E-state index contributed by atoms with van der Waals surface area (Å²) in [6.07, 6.45) is 2.31. The highest BCUT2D eigenvalue weighted by Gasteiger charge is 2.30. The van der Waals surface area contributed by atoms with Gasteiger partial charge in [0.05, 0.1) is 0 Å². The molecule has 1 aromatic rings. The highest BCUT2D eigenvalue weighted by molar-refractivity contribution is 6.27. The molecule has 0 amide bonds. The van der Waals surface area contributed by atoms with Gasteiger partial charge in [0, 0.05) is 35.1 Å². The predicted octanol–water partition coefficient (Wildman–Crippen LogP) is 3.53. The Morgan fingerprint density at radius 2 is 1.65 bits per heavy atom. The Morgan fingerprint density at radius 3 is 2.25 bits per heavy atom. The van der Waals surface area contributed by atoms with Gasteiger partial charge >= 0.3 is 0 Å². The van der Waals surface area contributed by atoms with Crippen molar-refractivity contribution in [1.29, 1.82) is 0 Å². The molecule has 104 valence electrons. The van der Waals surface area contributed by atoms with Gasteiger partial charge in [0.2, 0.25) is 0 Å². The fourth-order valence-corrected chi connectivity index (χ4v) is 2.42. The zero-order valence-electron chi connectivity index (χ0n) is 11.9. The van der Waals surface area contributed by atoms with Gasteiger partial charge in [-0.05, 0) is 13.3 Å². The minimum Gasteiger partial charge on any atom is -0.299 e. The number of hydrogen-bond donors (Lipinski definition) is 0. The fraction of sp³-hybridized carbons (Fsp3) is 0.353. The lowest BCUT2D eigenvalue weighted by molar-refractivity contribution is -0.118. The number of carbonyl (C=O) groups excluding carboxylic acids is 3. The second-order valence-corrected chi connectivity index (χ2v) is 5.13. The van der Waals surface area contributed by atoms with E-state index in [2.05, 4.69) is 0 Å². The van der Waals surface area contributed by atoms with Crippen LogP contribution >= 0.6 is 0 Å². The van der Waals surface area contributed by atoms with Crippen molar-refractivity contribution in [1.82, 2.24) is 0 Å². The van der Waals surface area contributed by atoms with Gasteiger partial charge in [-0.25, -0.2) is 0 Å². The van der Waals surface area contributed by atoms with Crippen LogP contribution in [0.5, 0.6) is 0 Å². The van der Waals surface area contributed by atoms with E-state index in [1.165, 1.54) is 0 Å². The normalized spacial score (nSPS) is 14.5. The highest BCUT2D eigenvalue weighted by atomic mass is 16.1. The number of hydrogen-bond acceptors (Lipinski definition) is 3. The topological polar surface area (TPSA) is 51.2 Å². The van der Waals surface area contributed by atoms with Crippen LogP contribution in [0.25, 0.3) is 0 Å². The molecule has 3 heteroatoms. The first-order valence-corrected chi connectivity index (χ1v) is 6.96. The van der Waals surface area contributed by atoms with Gasteiger partial charge in [0.15, 0.2) is 11.6 Å². The van der Waals surface area contributed by atoms with E-state index >= 15 is 0 Å². The van der Waals surface area contributed by atoms with E-state index in [1.807, 2.05) is 6.92 Å². The molecule has 3 nitrogen and oxygen atoms in total. The van der Waals surface area contributed by atoms with E-state index in [0.717, 1.165) is 12.8 Å². The van der Waals surface area contributed by atoms with Gasteiger partial charge in [-0.15, -0.1) is 0 Å². The van der Waals surface area contributed by atoms with Gasteiger partial charge < -0.3 is 0 Å². The van der Waals surface area contributed by atoms with E-state index in [-0.39, 0.29) is 23.8 Å². The van der Waals surface area contributed by atoms with E-state index in [9.17, 15) is 14.4 Å². The third kappa shape index (κ3) is 2.62. The van der Waals surface area contributed by atoms with Crippen LogP contribution in [0.1, 0.15) is 60.2 Å². The molecule has 0 radical (unpaired) electrons. The van der Waals surface area contributed by atoms with Crippen LogP contribution in [-0.2, 0) is 4.79 Å². The van der Waals surface area contributed by atoms with Crippen molar-refractivity contribution in [3.63, 3.8) is 0 Å². The Kier molecular flexibility index (Phi) is 4.28. The average molecular weight is 270 g/mol. The largest absolute Gasteiger partial charge is 0.299 e. The van der Waals surface area contributed by atoms with Gasteiger partial charge in [-0.3, -0.25) is 14.4 Å². The van der Waals surface area contributed by atoms with Gasteiger partial charge in [-0.1, -0.05) is 37.6 Å². The molecule has 0 heterocycles. The zero-order chi connectivity index (χ0) is 14.7. The predicted molar refractivity (Wildman–Crippen MR) is 77.0 cm³/mol. The Hall–Kier alpha value is -2.03. The molecule has 0 saturated heterocycles. The van der Waals surface area contributed by atoms with Crippen molar-refractivity contribution < 1.29 is 14.4 Å². The standard InChI is InChI=1S/C17H18O3/c1-3-4-7-12(18)10-15-11(2)16(19)13-8-5-6-9-14(13)17(15)20/h5-6,8-9H,3-4,7,10H2,1-2H3. The molecule has 0 aliphatic heterocycles. The number of unbranched alkanes of at least 4 members (excludes halogenated alkanes) is 1. The molecule has 0 saturated carbocycles. The molecule has 0 aromatic heterocycles. The molecule has 0 bridgehead atoms. The third-order valence-electron chi connectivity index (χ3n) is 3.67. The Balaban J connectivity index is 2.30. The van der Waals surface area contributed by atoms with E-state index in [1.54, 1.807) is 31.2 Å². The van der Waals surface area contributed by atoms with Crippen molar-refractivity contribution in [2.45, 2.75) is 39.5 Å². The Labute approximate surface area is 118 Å². The van der Waals surface area contributed by atoms with Gasteiger partial charge in [0.1, 0.15) is 5.78 Å². The molecular weight excluding hydrogens is 252 g/mol. The van der Waals surface area contributed by atoms with Crippen LogP contribution in [0.3, 0.4) is 0 Å². The van der Waals surface area contributed by atoms with Crippen LogP contribution in [-0.4, -0.2) is 17.3 Å². The van der Waals surface area contributed by atoms with Crippen LogP contribution in [0.2, 0.25) is 0 Å². The summed E-state index contributed by atoms with van der Waals surface area (Å²) < 4.78 is 0. The second-order valence-electron chi connectivity index (χ2n) is 5.13. The first-order chi connectivity index (χ1) is 9.56. The van der Waals surface area contributed by atoms with Crippen molar-refractivity contribution in [2.75, 3.05) is 0 Å². The number of fused-ring (bicyclic) bond motifs is 1. The number of benzene rings is 1. The molecule has 0 N–H and O–H groups in total. The summed E-state index contributed by atoms with van der Waals surface area (Å²) in [5, 5.41) is 0. The molecule has 20 heavy (non-hydrogen) atoms. The quantitative estimate of drug-likeness (QED) is 0.822. The molecule has 1 aromatic carbocycles. The molecule has 0 unspecified atom stereocenters. The van der Waals surface area contributed by atoms with E-state index in [0.29, 0.717) is 28.7 Å². The number of Topliss-reactive ketones (excluding diaryl/α,β-unsaturated/α-hetero) is 3. The number of allylic oxidation sites excluding steroid dienone is 2. The highest BCUT2D eigenvalue weighted by Crippen LogP contribution is 2.28. The van der Waals surface area contributed by atoms with Gasteiger partial charge in [-0.2, -0.15) is 0 Å². The summed E-state index contributed by atoms with van der Waals surface area (Å²) >= 11 is 0. The summed E-state index contributed by atoms with van der Waals surface area (Å²) in [6, 6.07) is 6.79. The maximum atomic E-state index is 12.4. The van der Waals surface area contributed by atoms with Crippen LogP contribution < -0.4 is 0 Å². The second kappa shape index (κ2) is 5.95. The summed E-state index contributed by atoms with van der Waals surface area (Å²) in [5.74, 6) is -0.289. The summed E-state index contributed by atoms with van der Waals surface area (Å²) in [6.45, 7) is 3.65. The van der Waals surface area contributed by atoms with E-state index < -0.39 is 0 Å². The smallest absolute Gasteiger partial charge is 0.190 e. The zero-order valence-corrected chi connectivity index (χ0v) is 11.9. The van der Waals surface area contributed by atoms with Crippen molar-refractivity contribution in [2.24, 2.45) is 0 Å². The SMILES string of the molecule is CCCCC(=O)CC1=C(C)C(=O)c2ccccc2C1=O. The minimum atomic E-state index is -0.178. The number of rotatable bonds is 5. The summed E-state index contributed by atoms with van der Waals surface area (Å²) in [5.41, 5.74) is 1.65. The fourth-order valence-electron chi connectivity index (χ4n) is 2.42. The summed E-state index contributed by atoms with van der Waals surface area (Å²) in [7, 11) is 0. The van der Waals surface area contributed by atoms with Crippen LogP contribution in [0, 0.1) is 0 Å². The number of carbonyl (C=O) groups is 3. The molecule has 0 spiro atoms. The maximum Gasteiger partial charge on any atom is 0.190 e. The first kappa shape index (κ1) is 14.4. The minimum absolute atomic E-state index is 0.0294. The third-order valence-corrected chi connectivity index (χ3v) is 3.67. The van der Waals surface area contributed by atoms with Crippen molar-refractivity contribution in [3.8, 4) is 0 Å². The molecule has 0 atom stereocenters. The monoisotopic (exact) mass is 270 g/mol. The van der Waals surface area contributed by atoms with E-state index in [4.69, 9.17) is 0 Å².